The molecule has 0 unspecified atom stereocenters. The van der Waals surface area contributed by atoms with E-state index in [9.17, 15) is 18.4 Å². The van der Waals surface area contributed by atoms with Gasteiger partial charge in [0.15, 0.2) is 5.60 Å². The summed E-state index contributed by atoms with van der Waals surface area (Å²) in [5.74, 6) is -1.65. The predicted molar refractivity (Wildman–Crippen MR) is 112 cm³/mol. The Hall–Kier alpha value is -3.16. The number of para-hydroxylation sites is 1. The Morgan fingerprint density at radius 1 is 1.00 bits per heavy atom. The van der Waals surface area contributed by atoms with Gasteiger partial charge in [0.1, 0.15) is 23.0 Å². The molecule has 0 radical (unpaired) electrons. The molecule has 3 rings (SSSR count). The van der Waals surface area contributed by atoms with Crippen molar-refractivity contribution in [2.45, 2.75) is 44.8 Å². The molecule has 2 amide bonds. The molecule has 1 saturated heterocycles. The molecule has 6 nitrogen and oxygen atoms in total. The molecule has 1 fully saturated rings. The van der Waals surface area contributed by atoms with Gasteiger partial charge in [-0.15, -0.1) is 0 Å². The number of hydrogen-bond donors (Lipinski definition) is 1. The van der Waals surface area contributed by atoms with E-state index in [0.717, 1.165) is 18.2 Å². The average Bonchev–Trinajstić information content (AvgIpc) is 2.67. The van der Waals surface area contributed by atoms with Crippen molar-refractivity contribution >= 4 is 17.7 Å². The van der Waals surface area contributed by atoms with E-state index in [1.165, 1.54) is 4.90 Å². The normalized spacial score (nSPS) is 15.8. The van der Waals surface area contributed by atoms with E-state index in [1.54, 1.807) is 45.0 Å². The molecule has 0 saturated carbocycles. The number of hydrogen-bond acceptors (Lipinski definition) is 4. The lowest BCUT2D eigenvalue weighted by molar-refractivity contribution is -0.135. The highest BCUT2D eigenvalue weighted by molar-refractivity contribution is 5.97. The van der Waals surface area contributed by atoms with Crippen molar-refractivity contribution in [1.29, 1.82) is 0 Å². The van der Waals surface area contributed by atoms with E-state index >= 15 is 0 Å². The summed E-state index contributed by atoms with van der Waals surface area (Å²) < 4.78 is 38.6. The number of piperidine rings is 1. The second-order valence-electron chi connectivity index (χ2n) is 8.49. The van der Waals surface area contributed by atoms with Crippen LogP contribution in [0.15, 0.2) is 48.5 Å². The SMILES string of the molecule is CC(C)(C)OC(=O)N1CCC(Oc2ccccc2)(C(=O)Nc2cc(F)cc(F)c2)CC1. The van der Waals surface area contributed by atoms with Gasteiger partial charge in [0.2, 0.25) is 0 Å². The zero-order chi connectivity index (χ0) is 22.6. The van der Waals surface area contributed by atoms with Crippen LogP contribution in [0.2, 0.25) is 0 Å². The summed E-state index contributed by atoms with van der Waals surface area (Å²) in [6.45, 7) is 5.80. The van der Waals surface area contributed by atoms with Gasteiger partial charge in [-0.1, -0.05) is 18.2 Å². The fourth-order valence-electron chi connectivity index (χ4n) is 3.34. The Balaban J connectivity index is 1.80. The molecule has 1 heterocycles. The van der Waals surface area contributed by atoms with E-state index in [4.69, 9.17) is 9.47 Å². The highest BCUT2D eigenvalue weighted by atomic mass is 19.1. The minimum Gasteiger partial charge on any atom is -0.477 e. The summed E-state index contributed by atoms with van der Waals surface area (Å²) in [7, 11) is 0. The number of rotatable bonds is 4. The van der Waals surface area contributed by atoms with Gasteiger partial charge >= 0.3 is 6.09 Å². The van der Waals surface area contributed by atoms with E-state index in [0.29, 0.717) is 5.75 Å². The summed E-state index contributed by atoms with van der Waals surface area (Å²) in [6.07, 6.45) is -0.0939. The number of carbonyl (C=O) groups excluding carboxylic acids is 2. The first-order valence-electron chi connectivity index (χ1n) is 10.1. The first-order chi connectivity index (χ1) is 14.6. The van der Waals surface area contributed by atoms with Crippen molar-refractivity contribution in [1.82, 2.24) is 4.90 Å². The van der Waals surface area contributed by atoms with Crippen LogP contribution in [0.3, 0.4) is 0 Å². The maximum atomic E-state index is 13.6. The van der Waals surface area contributed by atoms with E-state index in [2.05, 4.69) is 5.32 Å². The number of carbonyl (C=O) groups is 2. The van der Waals surface area contributed by atoms with Crippen molar-refractivity contribution < 1.29 is 27.8 Å². The fraction of sp³-hybridized carbons (Fsp3) is 0.391. The van der Waals surface area contributed by atoms with Gasteiger partial charge in [-0.2, -0.15) is 0 Å². The van der Waals surface area contributed by atoms with Crippen LogP contribution >= 0.6 is 0 Å². The molecular weight excluding hydrogens is 406 g/mol. The van der Waals surface area contributed by atoms with Crippen molar-refractivity contribution in [2.75, 3.05) is 18.4 Å². The van der Waals surface area contributed by atoms with Crippen molar-refractivity contribution in [2.24, 2.45) is 0 Å². The molecule has 2 aromatic rings. The highest BCUT2D eigenvalue weighted by Crippen LogP contribution is 2.31. The lowest BCUT2D eigenvalue weighted by atomic mass is 9.89. The standard InChI is InChI=1S/C23H26F2N2O4/c1-22(2,3)31-21(29)27-11-9-23(10-12-27,30-19-7-5-4-6-8-19)20(28)26-18-14-16(24)13-17(25)15-18/h4-8,13-15H,9-12H2,1-3H3,(H,26,28). The quantitative estimate of drug-likeness (QED) is 0.757. The molecule has 166 valence electrons. The zero-order valence-electron chi connectivity index (χ0n) is 17.8. The summed E-state index contributed by atoms with van der Waals surface area (Å²) in [5.41, 5.74) is -1.96. The smallest absolute Gasteiger partial charge is 0.410 e. The summed E-state index contributed by atoms with van der Waals surface area (Å²) >= 11 is 0. The third kappa shape index (κ3) is 5.93. The van der Waals surface area contributed by atoms with Crippen molar-refractivity contribution in [3.05, 3.63) is 60.2 Å². The molecule has 0 aromatic heterocycles. The molecule has 0 spiro atoms. The third-order valence-electron chi connectivity index (χ3n) is 4.81. The van der Waals surface area contributed by atoms with Gasteiger partial charge in [-0.3, -0.25) is 4.79 Å². The summed E-state index contributed by atoms with van der Waals surface area (Å²) in [5, 5.41) is 2.56. The molecule has 1 aliphatic rings. The van der Waals surface area contributed by atoms with Crippen LogP contribution in [0.5, 0.6) is 5.75 Å². The van der Waals surface area contributed by atoms with Crippen LogP contribution in [-0.4, -0.2) is 41.2 Å². The molecule has 0 aliphatic carbocycles. The van der Waals surface area contributed by atoms with Crippen LogP contribution in [0.25, 0.3) is 0 Å². The molecule has 1 aliphatic heterocycles. The maximum Gasteiger partial charge on any atom is 0.410 e. The minimum absolute atomic E-state index is 0.00638. The molecule has 0 bridgehead atoms. The Morgan fingerprint density at radius 2 is 1.58 bits per heavy atom. The molecule has 2 aromatic carbocycles. The van der Waals surface area contributed by atoms with E-state index < -0.39 is 34.8 Å². The monoisotopic (exact) mass is 432 g/mol. The van der Waals surface area contributed by atoms with Crippen LogP contribution in [0.1, 0.15) is 33.6 Å². The Bertz CT molecular complexity index is 916. The van der Waals surface area contributed by atoms with Crippen LogP contribution in [0, 0.1) is 11.6 Å². The molecule has 8 heteroatoms. The number of likely N-dealkylation sites (tertiary alicyclic amines) is 1. The summed E-state index contributed by atoms with van der Waals surface area (Å²) in [6, 6.07) is 11.6. The van der Waals surface area contributed by atoms with Gasteiger partial charge < -0.3 is 19.7 Å². The number of nitrogens with zero attached hydrogens (tertiary/aromatic N) is 1. The first kappa shape index (κ1) is 22.5. The highest BCUT2D eigenvalue weighted by Gasteiger charge is 2.45. The van der Waals surface area contributed by atoms with Crippen LogP contribution < -0.4 is 10.1 Å². The molecule has 1 N–H and O–H groups in total. The third-order valence-corrected chi connectivity index (χ3v) is 4.81. The Kier molecular flexibility index (Phi) is 6.48. The van der Waals surface area contributed by atoms with Gasteiger partial charge in [0.05, 0.1) is 0 Å². The van der Waals surface area contributed by atoms with Gasteiger partial charge in [0, 0.05) is 37.7 Å². The van der Waals surface area contributed by atoms with Crippen LogP contribution in [0.4, 0.5) is 19.3 Å². The second-order valence-corrected chi connectivity index (χ2v) is 8.49. The number of halogens is 2. The van der Waals surface area contributed by atoms with Crippen molar-refractivity contribution in [3.8, 4) is 5.75 Å². The summed E-state index contributed by atoms with van der Waals surface area (Å²) in [4.78, 5) is 27.1. The fourth-order valence-corrected chi connectivity index (χ4v) is 3.34. The predicted octanol–water partition coefficient (Wildman–Crippen LogP) is 4.75. The maximum absolute atomic E-state index is 13.6. The number of benzene rings is 2. The van der Waals surface area contributed by atoms with Gasteiger partial charge in [0.25, 0.3) is 5.91 Å². The number of amides is 2. The number of ether oxygens (including phenoxy) is 2. The topological polar surface area (TPSA) is 67.9 Å². The lowest BCUT2D eigenvalue weighted by Gasteiger charge is -2.40. The van der Waals surface area contributed by atoms with Crippen molar-refractivity contribution in [3.63, 3.8) is 0 Å². The van der Waals surface area contributed by atoms with E-state index in [-0.39, 0.29) is 31.6 Å². The molecule has 31 heavy (non-hydrogen) atoms. The Morgan fingerprint density at radius 3 is 2.13 bits per heavy atom. The zero-order valence-corrected chi connectivity index (χ0v) is 17.8. The minimum atomic E-state index is -1.32. The number of nitrogens with one attached hydrogen (secondary N) is 1. The van der Waals surface area contributed by atoms with Gasteiger partial charge in [-0.05, 0) is 45.0 Å². The second kappa shape index (κ2) is 8.91. The first-order valence-corrected chi connectivity index (χ1v) is 10.1. The van der Waals surface area contributed by atoms with E-state index in [1.807, 2.05) is 6.07 Å². The number of anilines is 1. The molecule has 0 atom stereocenters. The molecular formula is C23H26F2N2O4. The Labute approximate surface area is 180 Å². The average molecular weight is 432 g/mol. The lowest BCUT2D eigenvalue weighted by Crippen LogP contribution is -2.56. The largest absolute Gasteiger partial charge is 0.477 e. The van der Waals surface area contributed by atoms with Gasteiger partial charge in [-0.25, -0.2) is 13.6 Å². The van der Waals surface area contributed by atoms with Crippen LogP contribution in [-0.2, 0) is 9.53 Å².